The summed E-state index contributed by atoms with van der Waals surface area (Å²) in [5.74, 6) is 0.441. The molecular formula is C21H30ClN3O4S2. The predicted molar refractivity (Wildman–Crippen MR) is 124 cm³/mol. The molecule has 0 N–H and O–H groups in total. The number of rotatable bonds is 5. The van der Waals surface area contributed by atoms with Crippen molar-refractivity contribution in [3.8, 4) is 0 Å². The number of nitrogens with zero attached hydrogens (tertiary/aromatic N) is 3. The van der Waals surface area contributed by atoms with Gasteiger partial charge in [0.25, 0.3) is 5.91 Å². The van der Waals surface area contributed by atoms with Crippen LogP contribution < -0.4 is 0 Å². The number of carbonyl (C=O) groups excluding carboxylic acids is 2. The second kappa shape index (κ2) is 10.1. The van der Waals surface area contributed by atoms with Crippen molar-refractivity contribution < 1.29 is 18.0 Å². The van der Waals surface area contributed by atoms with E-state index in [-0.39, 0.29) is 33.3 Å². The van der Waals surface area contributed by atoms with Gasteiger partial charge in [-0.05, 0) is 44.9 Å². The first-order chi connectivity index (χ1) is 14.6. The number of hydrogen-bond acceptors (Lipinski definition) is 5. The number of sulfonamides is 1. The summed E-state index contributed by atoms with van der Waals surface area (Å²) in [5, 5.41) is 0.101. The Morgan fingerprint density at radius 2 is 1.81 bits per heavy atom. The Kier molecular flexibility index (Phi) is 7.94. The van der Waals surface area contributed by atoms with E-state index < -0.39 is 16.1 Å². The highest BCUT2D eigenvalue weighted by Crippen LogP contribution is 2.30. The minimum atomic E-state index is -3.80. The average Bonchev–Trinajstić information content (AvgIpc) is 3.05. The van der Waals surface area contributed by atoms with E-state index in [1.807, 2.05) is 13.8 Å². The Labute approximate surface area is 194 Å². The van der Waals surface area contributed by atoms with Crippen molar-refractivity contribution in [1.29, 1.82) is 0 Å². The fraction of sp³-hybridized carbons (Fsp3) is 0.619. The van der Waals surface area contributed by atoms with Crippen LogP contribution in [0.2, 0.25) is 5.02 Å². The summed E-state index contributed by atoms with van der Waals surface area (Å²) in [5.41, 5.74) is 0.227. The van der Waals surface area contributed by atoms with E-state index in [1.54, 1.807) is 11.9 Å². The van der Waals surface area contributed by atoms with Crippen molar-refractivity contribution in [2.45, 2.75) is 56.5 Å². The molecule has 10 heteroatoms. The van der Waals surface area contributed by atoms with E-state index in [0.717, 1.165) is 25.7 Å². The van der Waals surface area contributed by atoms with Gasteiger partial charge in [-0.25, -0.2) is 8.42 Å². The highest BCUT2D eigenvalue weighted by molar-refractivity contribution is 7.99. The van der Waals surface area contributed by atoms with E-state index >= 15 is 0 Å². The predicted octanol–water partition coefficient (Wildman–Crippen LogP) is 3.29. The zero-order valence-electron chi connectivity index (χ0n) is 18.2. The second-order valence-electron chi connectivity index (χ2n) is 8.30. The second-order valence-corrected chi connectivity index (χ2v) is 11.6. The molecule has 0 aromatic heterocycles. The maximum atomic E-state index is 13.3. The first-order valence-corrected chi connectivity index (χ1v) is 13.6. The van der Waals surface area contributed by atoms with Crippen molar-refractivity contribution >= 4 is 45.2 Å². The summed E-state index contributed by atoms with van der Waals surface area (Å²) in [6.07, 6.45) is 3.64. The molecule has 0 radical (unpaired) electrons. The Morgan fingerprint density at radius 1 is 1.16 bits per heavy atom. The molecule has 2 heterocycles. The number of benzene rings is 1. The Morgan fingerprint density at radius 3 is 2.42 bits per heavy atom. The number of halogens is 1. The van der Waals surface area contributed by atoms with Crippen LogP contribution >= 0.6 is 23.4 Å². The van der Waals surface area contributed by atoms with Crippen molar-refractivity contribution in [2.75, 3.05) is 31.8 Å². The highest BCUT2D eigenvalue weighted by Gasteiger charge is 2.38. The van der Waals surface area contributed by atoms with Gasteiger partial charge in [0.1, 0.15) is 10.9 Å². The van der Waals surface area contributed by atoms with Gasteiger partial charge in [-0.3, -0.25) is 9.59 Å². The molecule has 0 bridgehead atoms. The molecule has 1 atom stereocenters. The van der Waals surface area contributed by atoms with Gasteiger partial charge in [-0.1, -0.05) is 24.4 Å². The number of hydrogen-bond donors (Lipinski definition) is 0. The standard InChI is InChI=1S/C21H30ClN3O4S2/c1-15(2)23(3)21(27)18-13-30-14-25(18)20(26)16-8-9-17(22)19(12-16)31(28,29)24-10-6-4-5-7-11-24/h8-9,12,15,18H,4-7,10-11,13-14H2,1-3H3/t18-/m0/s1. The zero-order chi connectivity index (χ0) is 22.8. The highest BCUT2D eigenvalue weighted by atomic mass is 35.5. The van der Waals surface area contributed by atoms with Crippen molar-refractivity contribution in [3.63, 3.8) is 0 Å². The quantitative estimate of drug-likeness (QED) is 0.636. The zero-order valence-corrected chi connectivity index (χ0v) is 20.6. The maximum Gasteiger partial charge on any atom is 0.255 e. The number of thioether (sulfide) groups is 1. The summed E-state index contributed by atoms with van der Waals surface area (Å²) in [6.45, 7) is 4.76. The Balaban J connectivity index is 1.88. The smallest absolute Gasteiger partial charge is 0.255 e. The summed E-state index contributed by atoms with van der Waals surface area (Å²) in [4.78, 5) is 29.2. The molecule has 2 fully saturated rings. The van der Waals surface area contributed by atoms with Crippen LogP contribution in [0.25, 0.3) is 0 Å². The molecule has 31 heavy (non-hydrogen) atoms. The molecule has 172 valence electrons. The van der Waals surface area contributed by atoms with Gasteiger partial charge < -0.3 is 9.80 Å². The lowest BCUT2D eigenvalue weighted by Gasteiger charge is -2.29. The summed E-state index contributed by atoms with van der Waals surface area (Å²) in [7, 11) is -2.07. The molecule has 0 aliphatic carbocycles. The third kappa shape index (κ3) is 5.21. The van der Waals surface area contributed by atoms with Crippen LogP contribution in [0.4, 0.5) is 0 Å². The van der Waals surface area contributed by atoms with Gasteiger partial charge in [0.2, 0.25) is 15.9 Å². The first-order valence-electron chi connectivity index (χ1n) is 10.6. The van der Waals surface area contributed by atoms with Crippen LogP contribution in [0.3, 0.4) is 0 Å². The molecule has 0 unspecified atom stereocenters. The first kappa shape index (κ1) is 24.4. The minimum absolute atomic E-state index is 0.0240. The van der Waals surface area contributed by atoms with E-state index in [1.165, 1.54) is 39.2 Å². The van der Waals surface area contributed by atoms with Crippen molar-refractivity contribution in [1.82, 2.24) is 14.1 Å². The van der Waals surface area contributed by atoms with Gasteiger partial charge >= 0.3 is 0 Å². The van der Waals surface area contributed by atoms with Gasteiger partial charge in [0.05, 0.1) is 10.9 Å². The third-order valence-corrected chi connectivity index (χ3v) is 9.30. The van der Waals surface area contributed by atoms with Gasteiger partial charge in [0.15, 0.2) is 0 Å². The molecule has 7 nitrogen and oxygen atoms in total. The topological polar surface area (TPSA) is 78.0 Å². The van der Waals surface area contributed by atoms with Crippen LogP contribution in [0, 0.1) is 0 Å². The summed E-state index contributed by atoms with van der Waals surface area (Å²) in [6, 6.07) is 3.81. The van der Waals surface area contributed by atoms with E-state index in [9.17, 15) is 18.0 Å². The largest absolute Gasteiger partial charge is 0.342 e. The molecule has 2 aliphatic heterocycles. The van der Waals surface area contributed by atoms with Crippen LogP contribution in [0.5, 0.6) is 0 Å². The van der Waals surface area contributed by atoms with Crippen LogP contribution in [0.1, 0.15) is 49.9 Å². The average molecular weight is 488 g/mol. The monoisotopic (exact) mass is 487 g/mol. The van der Waals surface area contributed by atoms with Gasteiger partial charge in [0, 0.05) is 37.5 Å². The normalized spacial score (nSPS) is 20.7. The third-order valence-electron chi connectivity index (χ3n) is 5.91. The number of amides is 2. The van der Waals surface area contributed by atoms with Crippen molar-refractivity contribution in [2.24, 2.45) is 0 Å². The SMILES string of the molecule is CC(C)N(C)C(=O)[C@@H]1CSCN1C(=O)c1ccc(Cl)c(S(=O)(=O)N2CCCCCC2)c1. The maximum absolute atomic E-state index is 13.3. The van der Waals surface area contributed by atoms with E-state index in [0.29, 0.717) is 24.7 Å². The summed E-state index contributed by atoms with van der Waals surface area (Å²) < 4.78 is 28.0. The lowest BCUT2D eigenvalue weighted by molar-refractivity contribution is -0.135. The molecule has 1 aromatic carbocycles. The molecule has 2 amide bonds. The molecule has 3 rings (SSSR count). The Hall–Kier alpha value is -1.29. The van der Waals surface area contributed by atoms with Crippen molar-refractivity contribution in [3.05, 3.63) is 28.8 Å². The minimum Gasteiger partial charge on any atom is -0.342 e. The fourth-order valence-electron chi connectivity index (χ4n) is 3.76. The van der Waals surface area contributed by atoms with Gasteiger partial charge in [-0.2, -0.15) is 4.31 Å². The number of carbonyl (C=O) groups is 2. The molecular weight excluding hydrogens is 458 g/mol. The Bertz CT molecular complexity index is 931. The molecule has 2 saturated heterocycles. The van der Waals surface area contributed by atoms with Crippen LogP contribution in [-0.2, 0) is 14.8 Å². The molecule has 1 aromatic rings. The molecule has 0 spiro atoms. The van der Waals surface area contributed by atoms with Gasteiger partial charge in [-0.15, -0.1) is 11.8 Å². The number of likely N-dealkylation sites (N-methyl/N-ethyl adjacent to an activating group) is 1. The molecule has 2 aliphatic rings. The van der Waals surface area contributed by atoms with Crippen LogP contribution in [-0.4, -0.2) is 78.2 Å². The van der Waals surface area contributed by atoms with Crippen LogP contribution in [0.15, 0.2) is 23.1 Å². The summed E-state index contributed by atoms with van der Waals surface area (Å²) >= 11 is 7.78. The fourth-order valence-corrected chi connectivity index (χ4v) is 6.92. The van der Waals surface area contributed by atoms with E-state index in [2.05, 4.69) is 0 Å². The molecule has 0 saturated carbocycles. The lowest BCUT2D eigenvalue weighted by Crippen LogP contribution is -2.49. The van der Waals surface area contributed by atoms with E-state index in [4.69, 9.17) is 11.6 Å². The lowest BCUT2D eigenvalue weighted by atomic mass is 10.1.